The third-order valence-electron chi connectivity index (χ3n) is 5.07. The number of fused-ring (bicyclic) bond motifs is 1. The van der Waals surface area contributed by atoms with E-state index in [4.69, 9.17) is 0 Å². The number of nitrogens with one attached hydrogen (secondary N) is 2. The molecule has 0 bridgehead atoms. The summed E-state index contributed by atoms with van der Waals surface area (Å²) < 4.78 is 0. The van der Waals surface area contributed by atoms with Gasteiger partial charge in [0.25, 0.3) is 0 Å². The van der Waals surface area contributed by atoms with E-state index in [1.165, 1.54) is 16.3 Å². The maximum Gasteiger partial charge on any atom is 0.223 e. The van der Waals surface area contributed by atoms with Crippen LogP contribution < -0.4 is 10.6 Å². The van der Waals surface area contributed by atoms with Gasteiger partial charge in [-0.15, -0.1) is 0 Å². The first-order valence-corrected chi connectivity index (χ1v) is 9.63. The van der Waals surface area contributed by atoms with Gasteiger partial charge in [0.2, 0.25) is 5.91 Å². The summed E-state index contributed by atoms with van der Waals surface area (Å²) in [6, 6.07) is 15.3. The molecular weight excluding hydrogens is 320 g/mol. The Morgan fingerprint density at radius 1 is 1.19 bits per heavy atom. The second-order valence-electron chi connectivity index (χ2n) is 8.08. The molecule has 3 heteroatoms. The minimum absolute atomic E-state index is 0.0328. The zero-order valence-electron chi connectivity index (χ0n) is 16.1. The summed E-state index contributed by atoms with van der Waals surface area (Å²) in [7, 11) is 0. The second kappa shape index (κ2) is 8.05. The molecule has 0 spiro atoms. The Morgan fingerprint density at radius 2 is 1.92 bits per heavy atom. The topological polar surface area (TPSA) is 41.1 Å². The predicted octanol–water partition coefficient (Wildman–Crippen LogP) is 4.60. The van der Waals surface area contributed by atoms with Crippen LogP contribution in [0.4, 0.5) is 0 Å². The fourth-order valence-electron chi connectivity index (χ4n) is 3.22. The first kappa shape index (κ1) is 18.7. The molecule has 3 nitrogen and oxygen atoms in total. The Bertz CT molecular complexity index is 784. The Labute approximate surface area is 156 Å². The van der Waals surface area contributed by atoms with Crippen LogP contribution in [0, 0.1) is 11.3 Å². The van der Waals surface area contributed by atoms with Crippen LogP contribution in [0.5, 0.6) is 0 Å². The van der Waals surface area contributed by atoms with Crippen LogP contribution in [0.1, 0.15) is 45.2 Å². The molecule has 0 heterocycles. The maximum absolute atomic E-state index is 11.8. The Hall–Kier alpha value is -2.13. The van der Waals surface area contributed by atoms with Gasteiger partial charge in [0.05, 0.1) is 0 Å². The zero-order valence-corrected chi connectivity index (χ0v) is 16.1. The van der Waals surface area contributed by atoms with Crippen molar-refractivity contribution in [3.63, 3.8) is 0 Å². The minimum atomic E-state index is -0.0328. The Balaban J connectivity index is 1.51. The first-order valence-electron chi connectivity index (χ1n) is 9.63. The van der Waals surface area contributed by atoms with Crippen LogP contribution in [-0.2, 0) is 4.79 Å². The number of amides is 1. The van der Waals surface area contributed by atoms with Gasteiger partial charge in [-0.25, -0.2) is 0 Å². The van der Waals surface area contributed by atoms with Crippen LogP contribution in [0.15, 0.2) is 54.6 Å². The molecule has 2 aromatic rings. The Morgan fingerprint density at radius 3 is 2.69 bits per heavy atom. The highest BCUT2D eigenvalue weighted by Crippen LogP contribution is 2.29. The highest BCUT2D eigenvalue weighted by Gasteiger charge is 2.30. The highest BCUT2D eigenvalue weighted by atomic mass is 16.2. The largest absolute Gasteiger partial charge is 0.355 e. The number of benzene rings is 2. The van der Waals surface area contributed by atoms with Gasteiger partial charge < -0.3 is 10.6 Å². The van der Waals surface area contributed by atoms with E-state index in [0.717, 1.165) is 19.4 Å². The van der Waals surface area contributed by atoms with E-state index in [-0.39, 0.29) is 23.3 Å². The van der Waals surface area contributed by atoms with Gasteiger partial charge in [-0.2, -0.15) is 0 Å². The molecule has 1 amide bonds. The molecule has 3 rings (SSSR count). The molecule has 0 aliphatic heterocycles. The van der Waals surface area contributed by atoms with E-state index in [1.807, 2.05) is 0 Å². The number of hydrogen-bond acceptors (Lipinski definition) is 2. The summed E-state index contributed by atoms with van der Waals surface area (Å²) in [6.45, 7) is 8.02. The predicted molar refractivity (Wildman–Crippen MR) is 109 cm³/mol. The second-order valence-corrected chi connectivity index (χ2v) is 8.08. The summed E-state index contributed by atoms with van der Waals surface area (Å²) in [5, 5.41) is 9.24. The van der Waals surface area contributed by atoms with Gasteiger partial charge in [-0.3, -0.25) is 4.79 Å². The molecule has 0 saturated heterocycles. The molecule has 2 aromatic carbocycles. The van der Waals surface area contributed by atoms with Crippen molar-refractivity contribution < 1.29 is 4.79 Å². The van der Waals surface area contributed by atoms with Crippen LogP contribution in [-0.4, -0.2) is 19.0 Å². The van der Waals surface area contributed by atoms with Crippen molar-refractivity contribution in [3.05, 3.63) is 60.2 Å². The van der Waals surface area contributed by atoms with Crippen LogP contribution in [0.25, 0.3) is 10.8 Å². The van der Waals surface area contributed by atoms with Crippen LogP contribution in [0.3, 0.4) is 0 Å². The first-order chi connectivity index (χ1) is 12.5. The van der Waals surface area contributed by atoms with E-state index in [0.29, 0.717) is 6.54 Å². The molecule has 26 heavy (non-hydrogen) atoms. The van der Waals surface area contributed by atoms with Crippen LogP contribution in [0.2, 0.25) is 0 Å². The molecule has 0 aromatic heterocycles. The number of carbonyl (C=O) groups excluding carboxylic acids is 1. The van der Waals surface area contributed by atoms with E-state index in [9.17, 15) is 4.79 Å². The number of rotatable bonds is 8. The highest BCUT2D eigenvalue weighted by molar-refractivity contribution is 5.86. The summed E-state index contributed by atoms with van der Waals surface area (Å²) in [6.07, 6.45) is 6.48. The smallest absolute Gasteiger partial charge is 0.223 e. The summed E-state index contributed by atoms with van der Waals surface area (Å²) in [5.74, 6) is 0.493. The summed E-state index contributed by atoms with van der Waals surface area (Å²) in [4.78, 5) is 11.8. The molecule has 0 radical (unpaired) electrons. The van der Waals surface area contributed by atoms with E-state index >= 15 is 0 Å². The van der Waals surface area contributed by atoms with Gasteiger partial charge >= 0.3 is 0 Å². The molecule has 1 aliphatic rings. The minimum Gasteiger partial charge on any atom is -0.355 e. The normalized spacial score (nSPS) is 16.1. The van der Waals surface area contributed by atoms with Crippen molar-refractivity contribution >= 4 is 16.7 Å². The lowest BCUT2D eigenvalue weighted by Crippen LogP contribution is -2.34. The Kier molecular flexibility index (Phi) is 5.77. The maximum atomic E-state index is 11.8. The SMILES string of the molecule is C[C@@H](NC/C=C/C(C)(C)CNC(=O)C1CC1)c1cccc2ccccc12. The van der Waals surface area contributed by atoms with Crippen LogP contribution >= 0.6 is 0 Å². The molecule has 1 saturated carbocycles. The third kappa shape index (κ3) is 4.95. The monoisotopic (exact) mass is 350 g/mol. The molecular formula is C23H30N2O. The molecule has 1 fully saturated rings. The van der Waals surface area contributed by atoms with Crippen molar-refractivity contribution in [2.75, 3.05) is 13.1 Å². The van der Waals surface area contributed by atoms with Gasteiger partial charge in [-0.1, -0.05) is 68.5 Å². The van der Waals surface area contributed by atoms with E-state index in [2.05, 4.69) is 86.0 Å². The lowest BCUT2D eigenvalue weighted by molar-refractivity contribution is -0.122. The molecule has 2 N–H and O–H groups in total. The van der Waals surface area contributed by atoms with Crippen molar-refractivity contribution in [2.24, 2.45) is 11.3 Å². The van der Waals surface area contributed by atoms with Crippen molar-refractivity contribution in [1.82, 2.24) is 10.6 Å². The van der Waals surface area contributed by atoms with Crippen molar-refractivity contribution in [1.29, 1.82) is 0 Å². The molecule has 1 aliphatic carbocycles. The average Bonchev–Trinajstić information content (AvgIpc) is 3.48. The molecule has 138 valence electrons. The summed E-state index contributed by atoms with van der Waals surface area (Å²) >= 11 is 0. The third-order valence-corrected chi connectivity index (χ3v) is 5.07. The fourth-order valence-corrected chi connectivity index (χ4v) is 3.22. The zero-order chi connectivity index (χ0) is 18.6. The lowest BCUT2D eigenvalue weighted by atomic mass is 9.92. The van der Waals surface area contributed by atoms with Crippen molar-refractivity contribution in [2.45, 2.75) is 39.7 Å². The molecule has 0 unspecified atom stereocenters. The average molecular weight is 351 g/mol. The van der Waals surface area contributed by atoms with Gasteiger partial charge in [-0.05, 0) is 41.5 Å². The van der Waals surface area contributed by atoms with Gasteiger partial charge in [0, 0.05) is 25.0 Å². The van der Waals surface area contributed by atoms with E-state index < -0.39 is 0 Å². The summed E-state index contributed by atoms with van der Waals surface area (Å²) in [5.41, 5.74) is 1.29. The van der Waals surface area contributed by atoms with Gasteiger partial charge in [0.15, 0.2) is 0 Å². The standard InChI is InChI=1S/C23H30N2O/c1-17(20-11-6-9-18-8-4-5-10-21(18)20)24-15-7-14-23(2,3)16-25-22(26)19-12-13-19/h4-11,14,17,19,24H,12-13,15-16H2,1-3H3,(H,25,26)/b14-7+/t17-/m1/s1. The van der Waals surface area contributed by atoms with Crippen molar-refractivity contribution in [3.8, 4) is 0 Å². The van der Waals surface area contributed by atoms with Gasteiger partial charge in [0.1, 0.15) is 0 Å². The number of carbonyl (C=O) groups is 1. The molecule has 1 atom stereocenters. The lowest BCUT2D eigenvalue weighted by Gasteiger charge is -2.21. The number of hydrogen-bond donors (Lipinski definition) is 2. The van der Waals surface area contributed by atoms with E-state index in [1.54, 1.807) is 0 Å². The fraction of sp³-hybridized carbons (Fsp3) is 0.435. The quantitative estimate of drug-likeness (QED) is 0.683.